The molecule has 0 unspecified atom stereocenters. The van der Waals surface area contributed by atoms with Crippen molar-refractivity contribution < 1.29 is 18.7 Å². The third-order valence-corrected chi connectivity index (χ3v) is 4.63. The zero-order valence-electron chi connectivity index (χ0n) is 15.4. The summed E-state index contributed by atoms with van der Waals surface area (Å²) in [6.07, 6.45) is 0. The van der Waals surface area contributed by atoms with Crippen LogP contribution in [0.5, 0.6) is 11.5 Å². The molecule has 0 radical (unpaired) electrons. The third kappa shape index (κ3) is 4.79. The first-order valence-corrected chi connectivity index (χ1v) is 9.21. The zero-order valence-corrected chi connectivity index (χ0v) is 16.2. The smallest absolute Gasteiger partial charge is 0.315 e. The molecule has 0 bridgehead atoms. The normalized spacial score (nSPS) is 10.5. The first kappa shape index (κ1) is 18.8. The molecular weight excluding hydrogens is 366 g/mol. The molecule has 7 nitrogen and oxygen atoms in total. The van der Waals surface area contributed by atoms with Crippen LogP contribution >= 0.6 is 11.3 Å². The van der Waals surface area contributed by atoms with Gasteiger partial charge in [0.25, 0.3) is 0 Å². The van der Waals surface area contributed by atoms with Gasteiger partial charge in [0, 0.05) is 11.9 Å². The van der Waals surface area contributed by atoms with Gasteiger partial charge in [-0.15, -0.1) is 11.3 Å². The lowest BCUT2D eigenvalue weighted by Gasteiger charge is -2.10. The number of carbonyl (C=O) groups excluding carboxylic acids is 1. The fourth-order valence-electron chi connectivity index (χ4n) is 2.49. The molecule has 2 amide bonds. The van der Waals surface area contributed by atoms with Gasteiger partial charge in [0.1, 0.15) is 11.5 Å². The Morgan fingerprint density at radius 3 is 2.59 bits per heavy atom. The quantitative estimate of drug-likeness (QED) is 0.645. The summed E-state index contributed by atoms with van der Waals surface area (Å²) >= 11 is 1.57. The second-order valence-electron chi connectivity index (χ2n) is 5.74. The van der Waals surface area contributed by atoms with Gasteiger partial charge in [0.05, 0.1) is 25.8 Å². The van der Waals surface area contributed by atoms with Crippen molar-refractivity contribution in [3.05, 3.63) is 52.0 Å². The van der Waals surface area contributed by atoms with E-state index in [1.807, 2.05) is 36.6 Å². The van der Waals surface area contributed by atoms with E-state index < -0.39 is 0 Å². The van der Waals surface area contributed by atoms with Gasteiger partial charge >= 0.3 is 6.03 Å². The number of carbonyl (C=O) groups is 1. The molecule has 0 spiro atoms. The maximum Gasteiger partial charge on any atom is 0.315 e. The number of nitrogens with one attached hydrogen (secondary N) is 2. The van der Waals surface area contributed by atoms with Gasteiger partial charge in [-0.1, -0.05) is 6.07 Å². The Labute approximate surface area is 161 Å². The van der Waals surface area contributed by atoms with Crippen molar-refractivity contribution in [3.63, 3.8) is 0 Å². The molecule has 0 aliphatic rings. The second kappa shape index (κ2) is 8.59. The van der Waals surface area contributed by atoms with Gasteiger partial charge in [-0.25, -0.2) is 9.78 Å². The van der Waals surface area contributed by atoms with Crippen LogP contribution in [0.4, 0.5) is 4.79 Å². The van der Waals surface area contributed by atoms with Crippen LogP contribution in [0.1, 0.15) is 16.3 Å². The molecule has 27 heavy (non-hydrogen) atoms. The molecule has 0 atom stereocenters. The first-order valence-electron chi connectivity index (χ1n) is 8.33. The van der Waals surface area contributed by atoms with Gasteiger partial charge in [-0.05, 0) is 36.8 Å². The molecule has 2 N–H and O–H groups in total. The first-order chi connectivity index (χ1) is 13.1. The summed E-state index contributed by atoms with van der Waals surface area (Å²) in [6.45, 7) is 2.61. The highest BCUT2D eigenvalue weighted by molar-refractivity contribution is 7.09. The Kier molecular flexibility index (Phi) is 5.97. The number of nitrogens with zero attached hydrogens (tertiary/aromatic N) is 1. The van der Waals surface area contributed by atoms with E-state index in [9.17, 15) is 4.79 Å². The molecule has 142 valence electrons. The van der Waals surface area contributed by atoms with E-state index in [1.165, 1.54) is 0 Å². The summed E-state index contributed by atoms with van der Waals surface area (Å²) < 4.78 is 16.2. The maximum absolute atomic E-state index is 12.0. The number of methoxy groups -OCH3 is 2. The molecule has 3 rings (SSSR count). The minimum atomic E-state index is -0.285. The van der Waals surface area contributed by atoms with Crippen LogP contribution in [-0.2, 0) is 13.1 Å². The summed E-state index contributed by atoms with van der Waals surface area (Å²) in [7, 11) is 3.16. The summed E-state index contributed by atoms with van der Waals surface area (Å²) in [5.41, 5.74) is 1.71. The molecule has 0 aliphatic carbocycles. The zero-order chi connectivity index (χ0) is 19.2. The summed E-state index contributed by atoms with van der Waals surface area (Å²) in [5.74, 6) is 2.63. The van der Waals surface area contributed by atoms with Crippen LogP contribution in [0.2, 0.25) is 0 Å². The molecule has 1 aromatic carbocycles. The Morgan fingerprint density at radius 1 is 1.11 bits per heavy atom. The summed E-state index contributed by atoms with van der Waals surface area (Å²) in [6, 6.07) is 8.90. The lowest BCUT2D eigenvalue weighted by molar-refractivity contribution is 0.239. The van der Waals surface area contributed by atoms with Crippen molar-refractivity contribution in [2.24, 2.45) is 0 Å². The van der Waals surface area contributed by atoms with Crippen molar-refractivity contribution >= 4 is 17.4 Å². The molecule has 8 heteroatoms. The number of urea groups is 1. The van der Waals surface area contributed by atoms with E-state index in [1.54, 1.807) is 31.6 Å². The molecule has 2 aromatic heterocycles. The van der Waals surface area contributed by atoms with E-state index in [4.69, 9.17) is 13.9 Å². The lowest BCUT2D eigenvalue weighted by atomic mass is 10.2. The highest BCUT2D eigenvalue weighted by atomic mass is 32.1. The van der Waals surface area contributed by atoms with Crippen LogP contribution < -0.4 is 20.1 Å². The van der Waals surface area contributed by atoms with Crippen LogP contribution in [0, 0.1) is 6.92 Å². The van der Waals surface area contributed by atoms with Gasteiger partial charge in [0.15, 0.2) is 17.3 Å². The number of aryl methyl sites for hydroxylation is 1. The predicted molar refractivity (Wildman–Crippen MR) is 103 cm³/mol. The van der Waals surface area contributed by atoms with Crippen molar-refractivity contribution in [1.29, 1.82) is 0 Å². The third-order valence-electron chi connectivity index (χ3n) is 3.86. The Hall–Kier alpha value is -3.00. The number of furan rings is 1. The highest BCUT2D eigenvalue weighted by Crippen LogP contribution is 2.27. The van der Waals surface area contributed by atoms with E-state index in [2.05, 4.69) is 15.6 Å². The SMILES string of the molecule is COc1ccc(CNC(=O)NCc2ccc(-c3csc(C)n3)o2)cc1OC. The van der Waals surface area contributed by atoms with E-state index in [0.717, 1.165) is 16.3 Å². The Morgan fingerprint density at radius 2 is 1.89 bits per heavy atom. The number of aromatic nitrogens is 1. The molecule has 3 aromatic rings. The Bertz CT molecular complexity index is 919. The minimum Gasteiger partial charge on any atom is -0.493 e. The average molecular weight is 387 g/mol. The number of ether oxygens (including phenoxy) is 2. The molecule has 0 fully saturated rings. The fraction of sp³-hybridized carbons (Fsp3) is 0.263. The maximum atomic E-state index is 12.0. The number of hydrogen-bond acceptors (Lipinski definition) is 6. The van der Waals surface area contributed by atoms with Gasteiger partial charge in [0.2, 0.25) is 0 Å². The van der Waals surface area contributed by atoms with Crippen molar-refractivity contribution in [3.8, 4) is 23.0 Å². The topological polar surface area (TPSA) is 85.6 Å². The predicted octanol–water partition coefficient (Wildman–Crippen LogP) is 3.73. The molecule has 0 saturated carbocycles. The van der Waals surface area contributed by atoms with Crippen molar-refractivity contribution in [2.45, 2.75) is 20.0 Å². The number of thiazole rings is 1. The molecular formula is C19H21N3O4S. The van der Waals surface area contributed by atoms with Crippen LogP contribution in [0.15, 0.2) is 40.1 Å². The van der Waals surface area contributed by atoms with Gasteiger partial charge in [-0.2, -0.15) is 0 Å². The van der Waals surface area contributed by atoms with Crippen LogP contribution in [-0.4, -0.2) is 25.2 Å². The number of amides is 2. The van der Waals surface area contributed by atoms with E-state index in [0.29, 0.717) is 36.1 Å². The fourth-order valence-corrected chi connectivity index (χ4v) is 3.09. The molecule has 0 saturated heterocycles. The summed E-state index contributed by atoms with van der Waals surface area (Å²) in [5, 5.41) is 8.50. The summed E-state index contributed by atoms with van der Waals surface area (Å²) in [4.78, 5) is 16.4. The van der Waals surface area contributed by atoms with E-state index in [-0.39, 0.29) is 6.03 Å². The van der Waals surface area contributed by atoms with Crippen molar-refractivity contribution in [2.75, 3.05) is 14.2 Å². The van der Waals surface area contributed by atoms with Crippen LogP contribution in [0.3, 0.4) is 0 Å². The largest absolute Gasteiger partial charge is 0.493 e. The van der Waals surface area contributed by atoms with Gasteiger partial charge < -0.3 is 24.5 Å². The van der Waals surface area contributed by atoms with Gasteiger partial charge in [-0.3, -0.25) is 0 Å². The lowest BCUT2D eigenvalue weighted by Crippen LogP contribution is -2.34. The number of benzene rings is 1. The standard InChI is InChI=1S/C19H21N3O4S/c1-12-22-15(11-27-12)16-7-5-14(26-16)10-21-19(23)20-9-13-4-6-17(24-2)18(8-13)25-3/h4-8,11H,9-10H2,1-3H3,(H2,20,21,23). The highest BCUT2D eigenvalue weighted by Gasteiger charge is 2.09. The second-order valence-corrected chi connectivity index (χ2v) is 6.81. The van der Waals surface area contributed by atoms with Crippen molar-refractivity contribution in [1.82, 2.24) is 15.6 Å². The molecule has 0 aliphatic heterocycles. The van der Waals surface area contributed by atoms with Crippen LogP contribution in [0.25, 0.3) is 11.5 Å². The average Bonchev–Trinajstić information content (AvgIpc) is 3.33. The number of rotatable bonds is 7. The van der Waals surface area contributed by atoms with E-state index >= 15 is 0 Å². The number of hydrogen-bond donors (Lipinski definition) is 2. The molecule has 2 heterocycles. The Balaban J connectivity index is 1.49. The monoisotopic (exact) mass is 387 g/mol. The minimum absolute atomic E-state index is 0.285.